The van der Waals surface area contributed by atoms with Gasteiger partial charge < -0.3 is 15.3 Å². The van der Waals surface area contributed by atoms with Crippen LogP contribution in [0.3, 0.4) is 0 Å². The number of likely N-dealkylation sites (N-methyl/N-ethyl adjacent to an activating group) is 1. The standard InChI is InChI=1S/C14H26N2O3/c1-5-12(13(17)18)16(4)14(19)15-11-7-6-9(2)8-10(11)3/h9-12H,5-8H2,1-4H3,(H,15,19)(H,17,18). The zero-order valence-electron chi connectivity index (χ0n) is 12.3. The molecule has 4 atom stereocenters. The number of nitrogens with one attached hydrogen (secondary N) is 1. The maximum atomic E-state index is 12.1. The van der Waals surface area contributed by atoms with Crippen LogP contribution in [-0.4, -0.2) is 41.1 Å². The third-order valence-electron chi connectivity index (χ3n) is 4.20. The van der Waals surface area contributed by atoms with Gasteiger partial charge in [-0.2, -0.15) is 0 Å². The highest BCUT2D eigenvalue weighted by molar-refractivity contribution is 5.82. The number of carbonyl (C=O) groups is 2. The van der Waals surface area contributed by atoms with Crippen LogP contribution >= 0.6 is 0 Å². The van der Waals surface area contributed by atoms with Gasteiger partial charge in [0.15, 0.2) is 0 Å². The minimum absolute atomic E-state index is 0.164. The molecule has 2 amide bonds. The van der Waals surface area contributed by atoms with Crippen molar-refractivity contribution in [1.29, 1.82) is 0 Å². The van der Waals surface area contributed by atoms with Crippen molar-refractivity contribution in [2.75, 3.05) is 7.05 Å². The lowest BCUT2D eigenvalue weighted by Crippen LogP contribution is -2.52. The minimum Gasteiger partial charge on any atom is -0.480 e. The minimum atomic E-state index is -0.953. The molecule has 110 valence electrons. The van der Waals surface area contributed by atoms with Crippen LogP contribution in [0.5, 0.6) is 0 Å². The SMILES string of the molecule is CCC(C(=O)O)N(C)C(=O)NC1CCC(C)CC1C. The maximum absolute atomic E-state index is 12.1. The van der Waals surface area contributed by atoms with Gasteiger partial charge >= 0.3 is 12.0 Å². The third kappa shape index (κ3) is 4.11. The molecular formula is C14H26N2O3. The van der Waals surface area contributed by atoms with Gasteiger partial charge in [0.05, 0.1) is 0 Å². The molecule has 1 aliphatic rings. The number of hydrogen-bond donors (Lipinski definition) is 2. The van der Waals surface area contributed by atoms with Crippen molar-refractivity contribution >= 4 is 12.0 Å². The Labute approximate surface area is 115 Å². The van der Waals surface area contributed by atoms with Crippen LogP contribution in [0, 0.1) is 11.8 Å². The molecule has 0 aliphatic heterocycles. The lowest BCUT2D eigenvalue weighted by atomic mass is 9.80. The van der Waals surface area contributed by atoms with Crippen LogP contribution in [0.2, 0.25) is 0 Å². The Hall–Kier alpha value is -1.26. The summed E-state index contributed by atoms with van der Waals surface area (Å²) in [7, 11) is 1.55. The van der Waals surface area contributed by atoms with Gasteiger partial charge in [0, 0.05) is 13.1 Å². The fraction of sp³-hybridized carbons (Fsp3) is 0.857. The van der Waals surface area contributed by atoms with Crippen molar-refractivity contribution in [3.8, 4) is 0 Å². The van der Waals surface area contributed by atoms with E-state index in [1.165, 1.54) is 4.90 Å². The van der Waals surface area contributed by atoms with Crippen LogP contribution in [-0.2, 0) is 4.79 Å². The lowest BCUT2D eigenvalue weighted by Gasteiger charge is -2.35. The number of amides is 2. The van der Waals surface area contributed by atoms with Crippen molar-refractivity contribution in [3.63, 3.8) is 0 Å². The van der Waals surface area contributed by atoms with E-state index in [4.69, 9.17) is 5.11 Å². The Morgan fingerprint density at radius 3 is 2.47 bits per heavy atom. The summed E-state index contributed by atoms with van der Waals surface area (Å²) in [5.74, 6) is 0.208. The van der Waals surface area contributed by atoms with Gasteiger partial charge in [0.25, 0.3) is 0 Å². The summed E-state index contributed by atoms with van der Waals surface area (Å²) in [6, 6.07) is -0.865. The summed E-state index contributed by atoms with van der Waals surface area (Å²) in [5.41, 5.74) is 0. The van der Waals surface area contributed by atoms with Crippen LogP contribution in [0.4, 0.5) is 4.79 Å². The first kappa shape index (κ1) is 15.8. The molecule has 1 saturated carbocycles. The number of rotatable bonds is 4. The number of nitrogens with zero attached hydrogens (tertiary/aromatic N) is 1. The Morgan fingerprint density at radius 1 is 1.37 bits per heavy atom. The fourth-order valence-corrected chi connectivity index (χ4v) is 2.90. The van der Waals surface area contributed by atoms with E-state index >= 15 is 0 Å². The van der Waals surface area contributed by atoms with Gasteiger partial charge in [0.2, 0.25) is 0 Å². The maximum Gasteiger partial charge on any atom is 0.326 e. The molecule has 5 nitrogen and oxygen atoms in total. The van der Waals surface area contributed by atoms with E-state index in [-0.39, 0.29) is 12.1 Å². The molecule has 0 aromatic heterocycles. The number of hydrogen-bond acceptors (Lipinski definition) is 2. The highest BCUT2D eigenvalue weighted by Gasteiger charge is 2.30. The number of carboxylic acids is 1. The van der Waals surface area contributed by atoms with Gasteiger partial charge in [-0.25, -0.2) is 9.59 Å². The smallest absolute Gasteiger partial charge is 0.326 e. The predicted molar refractivity (Wildman–Crippen MR) is 74.0 cm³/mol. The topological polar surface area (TPSA) is 69.6 Å². The van der Waals surface area contributed by atoms with Gasteiger partial charge in [-0.1, -0.05) is 20.8 Å². The molecule has 0 aromatic rings. The van der Waals surface area contributed by atoms with E-state index < -0.39 is 12.0 Å². The second kappa shape index (κ2) is 6.78. The lowest BCUT2D eigenvalue weighted by molar-refractivity contribution is -0.141. The Morgan fingerprint density at radius 2 is 2.00 bits per heavy atom. The molecule has 0 aromatic carbocycles. The summed E-state index contributed by atoms with van der Waals surface area (Å²) >= 11 is 0. The molecule has 0 heterocycles. The van der Waals surface area contributed by atoms with Crippen molar-refractivity contribution in [2.45, 2.75) is 58.5 Å². The van der Waals surface area contributed by atoms with E-state index in [0.29, 0.717) is 18.3 Å². The summed E-state index contributed by atoms with van der Waals surface area (Å²) in [4.78, 5) is 24.4. The van der Waals surface area contributed by atoms with Crippen LogP contribution in [0.25, 0.3) is 0 Å². The first-order valence-electron chi connectivity index (χ1n) is 7.12. The zero-order chi connectivity index (χ0) is 14.6. The van der Waals surface area contributed by atoms with Gasteiger partial charge in [-0.05, 0) is 37.5 Å². The fourth-order valence-electron chi connectivity index (χ4n) is 2.90. The van der Waals surface area contributed by atoms with Crippen LogP contribution in [0.1, 0.15) is 46.5 Å². The predicted octanol–water partition coefficient (Wildman–Crippen LogP) is 2.32. The molecular weight excluding hydrogens is 244 g/mol. The van der Waals surface area contributed by atoms with E-state index in [9.17, 15) is 9.59 Å². The van der Waals surface area contributed by atoms with Crippen LogP contribution < -0.4 is 5.32 Å². The Bertz CT molecular complexity index is 333. The average molecular weight is 270 g/mol. The quantitative estimate of drug-likeness (QED) is 0.823. The summed E-state index contributed by atoms with van der Waals surface area (Å²) in [6.07, 6.45) is 3.63. The number of urea groups is 1. The Balaban J connectivity index is 2.56. The molecule has 19 heavy (non-hydrogen) atoms. The second-order valence-electron chi connectivity index (χ2n) is 5.82. The van der Waals surface area contributed by atoms with Crippen molar-refractivity contribution in [2.24, 2.45) is 11.8 Å². The molecule has 0 spiro atoms. The van der Waals surface area contributed by atoms with E-state index in [1.54, 1.807) is 14.0 Å². The van der Waals surface area contributed by atoms with E-state index in [0.717, 1.165) is 19.3 Å². The molecule has 2 N–H and O–H groups in total. The zero-order valence-corrected chi connectivity index (χ0v) is 12.3. The highest BCUT2D eigenvalue weighted by Crippen LogP contribution is 2.28. The number of carbonyl (C=O) groups excluding carboxylic acids is 1. The molecule has 5 heteroatoms. The van der Waals surface area contributed by atoms with Crippen molar-refractivity contribution < 1.29 is 14.7 Å². The number of aliphatic carboxylic acids is 1. The Kier molecular flexibility index (Phi) is 5.63. The normalized spacial score (nSPS) is 28.5. The van der Waals surface area contributed by atoms with Crippen molar-refractivity contribution in [3.05, 3.63) is 0 Å². The molecule has 0 bridgehead atoms. The molecule has 1 fully saturated rings. The largest absolute Gasteiger partial charge is 0.480 e. The summed E-state index contributed by atoms with van der Waals surface area (Å²) in [5, 5.41) is 12.0. The second-order valence-corrected chi connectivity index (χ2v) is 5.82. The molecule has 1 aliphatic carbocycles. The van der Waals surface area contributed by atoms with E-state index in [1.807, 2.05) is 0 Å². The average Bonchev–Trinajstić information content (AvgIpc) is 2.32. The summed E-state index contributed by atoms with van der Waals surface area (Å²) < 4.78 is 0. The van der Waals surface area contributed by atoms with Gasteiger partial charge in [-0.15, -0.1) is 0 Å². The third-order valence-corrected chi connectivity index (χ3v) is 4.20. The molecule has 4 unspecified atom stereocenters. The molecule has 0 saturated heterocycles. The monoisotopic (exact) mass is 270 g/mol. The first-order valence-corrected chi connectivity index (χ1v) is 7.12. The van der Waals surface area contributed by atoms with Gasteiger partial charge in [-0.3, -0.25) is 0 Å². The van der Waals surface area contributed by atoms with Crippen LogP contribution in [0.15, 0.2) is 0 Å². The molecule has 1 rings (SSSR count). The molecule has 0 radical (unpaired) electrons. The van der Waals surface area contributed by atoms with Gasteiger partial charge in [0.1, 0.15) is 6.04 Å². The first-order chi connectivity index (χ1) is 8.86. The number of carboxylic acid groups (broad SMARTS) is 1. The van der Waals surface area contributed by atoms with Crippen molar-refractivity contribution in [1.82, 2.24) is 10.2 Å². The summed E-state index contributed by atoms with van der Waals surface area (Å²) in [6.45, 7) is 6.15. The highest BCUT2D eigenvalue weighted by atomic mass is 16.4. The van der Waals surface area contributed by atoms with E-state index in [2.05, 4.69) is 19.2 Å².